The van der Waals surface area contributed by atoms with E-state index in [2.05, 4.69) is 50.1 Å². The van der Waals surface area contributed by atoms with E-state index >= 15 is 0 Å². The molecule has 2 atom stereocenters. The van der Waals surface area contributed by atoms with Crippen molar-refractivity contribution in [3.8, 4) is 0 Å². The molecule has 0 heterocycles. The zero-order valence-electron chi connectivity index (χ0n) is 10.9. The van der Waals surface area contributed by atoms with Gasteiger partial charge in [0.05, 0.1) is 0 Å². The molecule has 2 N–H and O–H groups in total. The second-order valence-electron chi connectivity index (χ2n) is 4.63. The molecule has 0 bridgehead atoms. The summed E-state index contributed by atoms with van der Waals surface area (Å²) < 4.78 is 0. The molecule has 0 aliphatic carbocycles. The van der Waals surface area contributed by atoms with E-state index in [0.717, 1.165) is 0 Å². The molecule has 0 amide bonds. The zero-order valence-corrected chi connectivity index (χ0v) is 10.9. The molecule has 0 aliphatic rings. The van der Waals surface area contributed by atoms with Crippen molar-refractivity contribution in [2.75, 3.05) is 11.9 Å². The maximum Gasteiger partial charge on any atom is 0.0366 e. The van der Waals surface area contributed by atoms with Crippen molar-refractivity contribution in [3.63, 3.8) is 0 Å². The SMILES string of the molecule is CCCC(C)N(C)c1ccc([C@@H](C)N)cc1. The van der Waals surface area contributed by atoms with Gasteiger partial charge in [0.1, 0.15) is 0 Å². The molecule has 1 rings (SSSR count). The molecule has 2 nitrogen and oxygen atoms in total. The summed E-state index contributed by atoms with van der Waals surface area (Å²) in [5, 5.41) is 0. The highest BCUT2D eigenvalue weighted by molar-refractivity contribution is 5.48. The van der Waals surface area contributed by atoms with Gasteiger partial charge in [0.15, 0.2) is 0 Å². The third-order valence-corrected chi connectivity index (χ3v) is 3.19. The molecule has 0 saturated heterocycles. The first-order valence-corrected chi connectivity index (χ1v) is 6.14. The molecule has 90 valence electrons. The van der Waals surface area contributed by atoms with Crippen LogP contribution in [0.4, 0.5) is 5.69 Å². The largest absolute Gasteiger partial charge is 0.372 e. The lowest BCUT2D eigenvalue weighted by atomic mass is 10.1. The molecule has 0 saturated carbocycles. The second kappa shape index (κ2) is 5.90. The minimum absolute atomic E-state index is 0.118. The summed E-state index contributed by atoms with van der Waals surface area (Å²) in [6, 6.07) is 9.26. The topological polar surface area (TPSA) is 29.3 Å². The van der Waals surface area contributed by atoms with Crippen LogP contribution >= 0.6 is 0 Å². The summed E-state index contributed by atoms with van der Waals surface area (Å²) in [4.78, 5) is 2.33. The third-order valence-electron chi connectivity index (χ3n) is 3.19. The molecule has 0 aromatic heterocycles. The normalized spacial score (nSPS) is 14.6. The number of rotatable bonds is 5. The van der Waals surface area contributed by atoms with Gasteiger partial charge in [-0.1, -0.05) is 25.5 Å². The predicted molar refractivity (Wildman–Crippen MR) is 71.8 cm³/mol. The predicted octanol–water partition coefficient (Wildman–Crippen LogP) is 3.33. The molecule has 2 heteroatoms. The minimum atomic E-state index is 0.118. The lowest BCUT2D eigenvalue weighted by Gasteiger charge is -2.27. The Morgan fingerprint density at radius 3 is 2.19 bits per heavy atom. The minimum Gasteiger partial charge on any atom is -0.372 e. The van der Waals surface area contributed by atoms with Crippen molar-refractivity contribution in [1.82, 2.24) is 0 Å². The first kappa shape index (κ1) is 13.0. The summed E-state index contributed by atoms with van der Waals surface area (Å²) in [6.45, 7) is 6.50. The van der Waals surface area contributed by atoms with Crippen LogP contribution in [0.25, 0.3) is 0 Å². The van der Waals surface area contributed by atoms with Crippen molar-refractivity contribution in [1.29, 1.82) is 0 Å². The Balaban J connectivity index is 2.73. The van der Waals surface area contributed by atoms with E-state index in [1.807, 2.05) is 6.92 Å². The molecule has 1 aromatic rings. The molecule has 1 unspecified atom stereocenters. The Hall–Kier alpha value is -1.02. The number of hydrogen-bond acceptors (Lipinski definition) is 2. The summed E-state index contributed by atoms with van der Waals surface area (Å²) in [6.07, 6.45) is 2.45. The standard InChI is InChI=1S/C14H24N2/c1-5-6-11(2)16(4)14-9-7-13(8-10-14)12(3)15/h7-12H,5-6,15H2,1-4H3/t11?,12-/m1/s1. The summed E-state index contributed by atoms with van der Waals surface area (Å²) >= 11 is 0. The molecule has 0 radical (unpaired) electrons. The fourth-order valence-electron chi connectivity index (χ4n) is 1.88. The van der Waals surface area contributed by atoms with E-state index in [1.165, 1.54) is 24.1 Å². The van der Waals surface area contributed by atoms with Crippen LogP contribution in [0.2, 0.25) is 0 Å². The van der Waals surface area contributed by atoms with Gasteiger partial charge >= 0.3 is 0 Å². The molecule has 0 spiro atoms. The summed E-state index contributed by atoms with van der Waals surface area (Å²) in [7, 11) is 2.15. The van der Waals surface area contributed by atoms with Gasteiger partial charge in [-0.25, -0.2) is 0 Å². The summed E-state index contributed by atoms with van der Waals surface area (Å²) in [5.74, 6) is 0. The van der Waals surface area contributed by atoms with Gasteiger partial charge in [0.2, 0.25) is 0 Å². The first-order chi connectivity index (χ1) is 7.56. The first-order valence-electron chi connectivity index (χ1n) is 6.14. The van der Waals surface area contributed by atoms with Crippen LogP contribution in [0.5, 0.6) is 0 Å². The molecule has 0 aliphatic heterocycles. The van der Waals surface area contributed by atoms with Gasteiger partial charge in [0, 0.05) is 24.8 Å². The van der Waals surface area contributed by atoms with E-state index in [4.69, 9.17) is 5.73 Å². The van der Waals surface area contributed by atoms with Crippen LogP contribution in [0.1, 0.15) is 45.2 Å². The smallest absolute Gasteiger partial charge is 0.0366 e. The molecule has 1 aromatic carbocycles. The lowest BCUT2D eigenvalue weighted by Crippen LogP contribution is -2.28. The van der Waals surface area contributed by atoms with E-state index < -0.39 is 0 Å². The monoisotopic (exact) mass is 220 g/mol. The molecule has 16 heavy (non-hydrogen) atoms. The van der Waals surface area contributed by atoms with E-state index in [1.54, 1.807) is 0 Å². The Morgan fingerprint density at radius 2 is 1.75 bits per heavy atom. The van der Waals surface area contributed by atoms with Crippen molar-refractivity contribution >= 4 is 5.69 Å². The fourth-order valence-corrected chi connectivity index (χ4v) is 1.88. The average molecular weight is 220 g/mol. The van der Waals surface area contributed by atoms with Crippen LogP contribution in [-0.4, -0.2) is 13.1 Å². The Kier molecular flexibility index (Phi) is 4.81. The summed E-state index contributed by atoms with van der Waals surface area (Å²) in [5.41, 5.74) is 8.30. The zero-order chi connectivity index (χ0) is 12.1. The van der Waals surface area contributed by atoms with E-state index in [9.17, 15) is 0 Å². The number of nitrogens with zero attached hydrogens (tertiary/aromatic N) is 1. The van der Waals surface area contributed by atoms with Crippen LogP contribution in [0.15, 0.2) is 24.3 Å². The van der Waals surface area contributed by atoms with Crippen LogP contribution in [0, 0.1) is 0 Å². The van der Waals surface area contributed by atoms with Crippen molar-refractivity contribution < 1.29 is 0 Å². The van der Waals surface area contributed by atoms with Crippen molar-refractivity contribution in [3.05, 3.63) is 29.8 Å². The van der Waals surface area contributed by atoms with E-state index in [-0.39, 0.29) is 6.04 Å². The Morgan fingerprint density at radius 1 is 1.19 bits per heavy atom. The van der Waals surface area contributed by atoms with Gasteiger partial charge < -0.3 is 10.6 Å². The van der Waals surface area contributed by atoms with Crippen LogP contribution in [0.3, 0.4) is 0 Å². The molecular formula is C14H24N2. The van der Waals surface area contributed by atoms with Gasteiger partial charge in [-0.2, -0.15) is 0 Å². The quantitative estimate of drug-likeness (QED) is 0.824. The van der Waals surface area contributed by atoms with Crippen molar-refractivity contribution in [2.45, 2.75) is 45.7 Å². The number of hydrogen-bond donors (Lipinski definition) is 1. The number of nitrogens with two attached hydrogens (primary N) is 1. The van der Waals surface area contributed by atoms with Gasteiger partial charge in [0.25, 0.3) is 0 Å². The maximum absolute atomic E-state index is 5.83. The highest BCUT2D eigenvalue weighted by Crippen LogP contribution is 2.20. The molecular weight excluding hydrogens is 196 g/mol. The van der Waals surface area contributed by atoms with Gasteiger partial charge in [-0.3, -0.25) is 0 Å². The van der Waals surface area contributed by atoms with E-state index in [0.29, 0.717) is 6.04 Å². The van der Waals surface area contributed by atoms with Crippen LogP contribution < -0.4 is 10.6 Å². The number of benzene rings is 1. The Bertz CT molecular complexity index is 303. The van der Waals surface area contributed by atoms with Gasteiger partial charge in [-0.15, -0.1) is 0 Å². The highest BCUT2D eigenvalue weighted by Gasteiger charge is 2.09. The number of anilines is 1. The lowest BCUT2D eigenvalue weighted by molar-refractivity contribution is 0.616. The Labute approximate surface area is 99.5 Å². The van der Waals surface area contributed by atoms with Crippen molar-refractivity contribution in [2.24, 2.45) is 5.73 Å². The average Bonchev–Trinajstić information content (AvgIpc) is 2.28. The highest BCUT2D eigenvalue weighted by atomic mass is 15.1. The fraction of sp³-hybridized carbons (Fsp3) is 0.571. The second-order valence-corrected chi connectivity index (χ2v) is 4.63. The third kappa shape index (κ3) is 3.24. The van der Waals surface area contributed by atoms with Crippen LogP contribution in [-0.2, 0) is 0 Å². The van der Waals surface area contributed by atoms with Gasteiger partial charge in [-0.05, 0) is 38.0 Å². The molecule has 0 fully saturated rings. The maximum atomic E-state index is 5.83.